The van der Waals surface area contributed by atoms with Crippen LogP contribution in [0.3, 0.4) is 0 Å². The van der Waals surface area contributed by atoms with Crippen molar-refractivity contribution in [1.82, 2.24) is 0 Å². The summed E-state index contributed by atoms with van der Waals surface area (Å²) < 4.78 is 26.4. The molecular formula is C14H15F2NO. The maximum Gasteiger partial charge on any atom is 0.249 e. The Morgan fingerprint density at radius 1 is 1.39 bits per heavy atom. The van der Waals surface area contributed by atoms with E-state index in [2.05, 4.69) is 4.99 Å². The number of alkyl halides is 2. The van der Waals surface area contributed by atoms with Crippen LogP contribution < -0.4 is 0 Å². The van der Waals surface area contributed by atoms with Crippen molar-refractivity contribution in [3.8, 4) is 0 Å². The Morgan fingerprint density at radius 3 is 2.56 bits per heavy atom. The summed E-state index contributed by atoms with van der Waals surface area (Å²) >= 11 is 0. The predicted octanol–water partition coefficient (Wildman–Crippen LogP) is 3.60. The van der Waals surface area contributed by atoms with Crippen LogP contribution in [0.25, 0.3) is 0 Å². The van der Waals surface area contributed by atoms with E-state index in [1.165, 1.54) is 0 Å². The van der Waals surface area contributed by atoms with Gasteiger partial charge in [-0.1, -0.05) is 24.3 Å². The standard InChI is InChI=1S/C14H15F2NO/c1-13(15,16)9-11-5-2-3-6-12(11)14(17-10-18)7-4-8-14/h2-3,5-6H,4,7-9H2,1H3. The smallest absolute Gasteiger partial charge is 0.211 e. The number of isocyanates is 1. The first-order valence-electron chi connectivity index (χ1n) is 6.02. The van der Waals surface area contributed by atoms with Gasteiger partial charge in [0.15, 0.2) is 0 Å². The SMILES string of the molecule is CC(F)(F)Cc1ccccc1C1(N=C=O)CCC1. The van der Waals surface area contributed by atoms with Crippen molar-refractivity contribution < 1.29 is 13.6 Å². The summed E-state index contributed by atoms with van der Waals surface area (Å²) in [6.45, 7) is 0.903. The lowest BCUT2D eigenvalue weighted by molar-refractivity contribution is 0.0219. The Kier molecular flexibility index (Phi) is 3.31. The van der Waals surface area contributed by atoms with Gasteiger partial charge in [-0.3, -0.25) is 0 Å². The molecule has 0 saturated heterocycles. The van der Waals surface area contributed by atoms with E-state index in [4.69, 9.17) is 0 Å². The molecule has 0 unspecified atom stereocenters. The minimum Gasteiger partial charge on any atom is -0.211 e. The van der Waals surface area contributed by atoms with E-state index in [-0.39, 0.29) is 6.42 Å². The number of nitrogens with zero attached hydrogens (tertiary/aromatic N) is 1. The third-order valence-corrected chi connectivity index (χ3v) is 3.46. The molecular weight excluding hydrogens is 236 g/mol. The molecule has 2 rings (SSSR count). The lowest BCUT2D eigenvalue weighted by Crippen LogP contribution is -2.33. The average molecular weight is 251 g/mol. The van der Waals surface area contributed by atoms with Crippen LogP contribution in [0, 0.1) is 0 Å². The summed E-state index contributed by atoms with van der Waals surface area (Å²) in [6.07, 6.45) is 3.69. The first-order chi connectivity index (χ1) is 8.47. The number of rotatable bonds is 4. The molecule has 96 valence electrons. The maximum absolute atomic E-state index is 13.2. The molecule has 0 spiro atoms. The third-order valence-electron chi connectivity index (χ3n) is 3.46. The van der Waals surface area contributed by atoms with Gasteiger partial charge in [0, 0.05) is 6.42 Å². The normalized spacial score (nSPS) is 17.7. The predicted molar refractivity (Wildman–Crippen MR) is 64.4 cm³/mol. The van der Waals surface area contributed by atoms with E-state index in [1.807, 2.05) is 0 Å². The van der Waals surface area contributed by atoms with Gasteiger partial charge in [0.25, 0.3) is 0 Å². The lowest BCUT2D eigenvalue weighted by Gasteiger charge is -2.38. The highest BCUT2D eigenvalue weighted by Gasteiger charge is 2.41. The second-order valence-electron chi connectivity index (χ2n) is 4.99. The van der Waals surface area contributed by atoms with Crippen LogP contribution in [0.1, 0.15) is 37.3 Å². The zero-order valence-corrected chi connectivity index (χ0v) is 10.2. The van der Waals surface area contributed by atoms with Crippen molar-refractivity contribution in [3.05, 3.63) is 35.4 Å². The summed E-state index contributed by atoms with van der Waals surface area (Å²) in [6, 6.07) is 7.02. The van der Waals surface area contributed by atoms with Crippen LogP contribution in [0.2, 0.25) is 0 Å². The molecule has 0 bridgehead atoms. The highest BCUT2D eigenvalue weighted by Crippen LogP contribution is 2.46. The van der Waals surface area contributed by atoms with E-state index in [9.17, 15) is 13.6 Å². The fraction of sp³-hybridized carbons (Fsp3) is 0.500. The zero-order chi connectivity index (χ0) is 13.2. The molecule has 1 aromatic rings. The molecule has 1 saturated carbocycles. The molecule has 1 aliphatic carbocycles. The molecule has 4 heteroatoms. The molecule has 1 fully saturated rings. The molecule has 2 nitrogen and oxygen atoms in total. The van der Waals surface area contributed by atoms with Gasteiger partial charge in [-0.05, 0) is 37.3 Å². The van der Waals surface area contributed by atoms with Gasteiger partial charge in [0.2, 0.25) is 12.0 Å². The largest absolute Gasteiger partial charge is 0.249 e. The Hall–Kier alpha value is -1.54. The van der Waals surface area contributed by atoms with Crippen molar-refractivity contribution in [2.45, 2.75) is 44.1 Å². The van der Waals surface area contributed by atoms with Gasteiger partial charge in [0.1, 0.15) is 0 Å². The van der Waals surface area contributed by atoms with Gasteiger partial charge >= 0.3 is 0 Å². The highest BCUT2D eigenvalue weighted by atomic mass is 19.3. The minimum absolute atomic E-state index is 0.320. The molecule has 18 heavy (non-hydrogen) atoms. The molecule has 0 atom stereocenters. The molecule has 0 heterocycles. The number of halogens is 2. The van der Waals surface area contributed by atoms with Gasteiger partial charge in [0.05, 0.1) is 5.54 Å². The van der Waals surface area contributed by atoms with Crippen molar-refractivity contribution in [3.63, 3.8) is 0 Å². The molecule has 0 aliphatic heterocycles. The molecule has 1 aliphatic rings. The number of aliphatic imine (C=N–C) groups is 1. The van der Waals surface area contributed by atoms with Crippen molar-refractivity contribution >= 4 is 6.08 Å². The van der Waals surface area contributed by atoms with Gasteiger partial charge in [-0.2, -0.15) is 4.99 Å². The number of benzene rings is 1. The Labute approximate surface area is 105 Å². The fourth-order valence-corrected chi connectivity index (χ4v) is 2.50. The number of hydrogen-bond donors (Lipinski definition) is 0. The van der Waals surface area contributed by atoms with Crippen LogP contribution in [0.15, 0.2) is 29.3 Å². The quantitative estimate of drug-likeness (QED) is 0.594. The monoisotopic (exact) mass is 251 g/mol. The topological polar surface area (TPSA) is 29.4 Å². The van der Waals surface area contributed by atoms with E-state index < -0.39 is 11.5 Å². The van der Waals surface area contributed by atoms with Crippen molar-refractivity contribution in [2.24, 2.45) is 4.99 Å². The number of carbonyl (C=O) groups excluding carboxylic acids is 1. The highest BCUT2D eigenvalue weighted by molar-refractivity contribution is 5.42. The first kappa shape index (κ1) is 12.9. The van der Waals surface area contributed by atoms with E-state index in [1.54, 1.807) is 30.3 Å². The van der Waals surface area contributed by atoms with E-state index in [0.717, 1.165) is 31.7 Å². The zero-order valence-electron chi connectivity index (χ0n) is 10.2. The van der Waals surface area contributed by atoms with Crippen LogP contribution >= 0.6 is 0 Å². The van der Waals surface area contributed by atoms with Gasteiger partial charge < -0.3 is 0 Å². The summed E-state index contributed by atoms with van der Waals surface area (Å²) in [4.78, 5) is 14.4. The van der Waals surface area contributed by atoms with E-state index in [0.29, 0.717) is 5.56 Å². The maximum atomic E-state index is 13.2. The summed E-state index contributed by atoms with van der Waals surface area (Å²) in [5.41, 5.74) is 0.716. The van der Waals surface area contributed by atoms with Crippen molar-refractivity contribution in [1.29, 1.82) is 0 Å². The molecule has 0 radical (unpaired) electrons. The molecule has 1 aromatic carbocycles. The van der Waals surface area contributed by atoms with Crippen LogP contribution in [0.5, 0.6) is 0 Å². The number of hydrogen-bond acceptors (Lipinski definition) is 2. The second kappa shape index (κ2) is 4.62. The summed E-state index contributed by atoms with van der Waals surface area (Å²) in [7, 11) is 0. The lowest BCUT2D eigenvalue weighted by atomic mass is 9.70. The Bertz CT molecular complexity index is 483. The summed E-state index contributed by atoms with van der Waals surface area (Å²) in [5, 5.41) is 0. The first-order valence-corrected chi connectivity index (χ1v) is 6.02. The minimum atomic E-state index is -2.76. The van der Waals surface area contributed by atoms with Gasteiger partial charge in [-0.15, -0.1) is 0 Å². The van der Waals surface area contributed by atoms with Gasteiger partial charge in [-0.25, -0.2) is 13.6 Å². The Balaban J connectivity index is 2.41. The summed E-state index contributed by atoms with van der Waals surface area (Å²) in [5.74, 6) is -2.76. The average Bonchev–Trinajstić information content (AvgIpc) is 2.22. The van der Waals surface area contributed by atoms with Crippen LogP contribution in [-0.4, -0.2) is 12.0 Å². The van der Waals surface area contributed by atoms with E-state index >= 15 is 0 Å². The fourth-order valence-electron chi connectivity index (χ4n) is 2.50. The van der Waals surface area contributed by atoms with Crippen molar-refractivity contribution in [2.75, 3.05) is 0 Å². The second-order valence-corrected chi connectivity index (χ2v) is 4.99. The Morgan fingerprint density at radius 2 is 2.06 bits per heavy atom. The van der Waals surface area contributed by atoms with Crippen LogP contribution in [-0.2, 0) is 16.8 Å². The molecule has 0 N–H and O–H groups in total. The van der Waals surface area contributed by atoms with Crippen LogP contribution in [0.4, 0.5) is 8.78 Å². The molecule has 0 aromatic heterocycles. The molecule has 0 amide bonds. The third kappa shape index (κ3) is 2.49.